The summed E-state index contributed by atoms with van der Waals surface area (Å²) in [7, 11) is 1.64. The van der Waals surface area contributed by atoms with Gasteiger partial charge >= 0.3 is 0 Å². The van der Waals surface area contributed by atoms with Crippen LogP contribution in [0.2, 0.25) is 0 Å². The Kier molecular flexibility index (Phi) is 6.79. The molecule has 0 saturated heterocycles. The molecule has 1 aromatic heterocycles. The van der Waals surface area contributed by atoms with Crippen LogP contribution >= 0.6 is 0 Å². The number of anilines is 1. The number of nitrogens with one attached hydrogen (secondary N) is 2. The third-order valence-corrected chi connectivity index (χ3v) is 4.63. The van der Waals surface area contributed by atoms with Crippen molar-refractivity contribution in [2.75, 3.05) is 19.0 Å². The Hall–Kier alpha value is -3.41. The number of benzene rings is 2. The molecule has 150 valence electrons. The van der Waals surface area contributed by atoms with Gasteiger partial charge in [0, 0.05) is 19.2 Å². The summed E-state index contributed by atoms with van der Waals surface area (Å²) in [6.45, 7) is 5.01. The maximum absolute atomic E-state index is 12.5. The Morgan fingerprint density at radius 3 is 2.66 bits per heavy atom. The molecule has 1 heterocycles. The summed E-state index contributed by atoms with van der Waals surface area (Å²) in [5.74, 6) is 1.79. The zero-order valence-corrected chi connectivity index (χ0v) is 17.0. The molecule has 2 N–H and O–H groups in total. The van der Waals surface area contributed by atoms with Gasteiger partial charge < -0.3 is 15.4 Å². The van der Waals surface area contributed by atoms with Crippen molar-refractivity contribution in [3.8, 4) is 5.75 Å². The molecule has 0 bridgehead atoms. The van der Waals surface area contributed by atoms with Crippen LogP contribution < -0.4 is 15.4 Å². The van der Waals surface area contributed by atoms with Crippen molar-refractivity contribution in [3.63, 3.8) is 0 Å². The van der Waals surface area contributed by atoms with E-state index in [0.29, 0.717) is 36.8 Å². The molecule has 0 aliphatic carbocycles. The van der Waals surface area contributed by atoms with E-state index in [0.717, 1.165) is 11.3 Å². The minimum atomic E-state index is -0.211. The molecule has 3 rings (SSSR count). The van der Waals surface area contributed by atoms with E-state index in [2.05, 4.69) is 39.7 Å². The quantitative estimate of drug-likeness (QED) is 0.614. The van der Waals surface area contributed by atoms with Gasteiger partial charge in [0.2, 0.25) is 0 Å². The Morgan fingerprint density at radius 1 is 1.03 bits per heavy atom. The molecule has 6 heteroatoms. The maximum Gasteiger partial charge on any atom is 0.270 e. The topological polar surface area (TPSA) is 76.1 Å². The summed E-state index contributed by atoms with van der Waals surface area (Å²) in [4.78, 5) is 21.2. The van der Waals surface area contributed by atoms with E-state index >= 15 is 0 Å². The van der Waals surface area contributed by atoms with Gasteiger partial charge in [-0.15, -0.1) is 0 Å². The second-order valence-corrected chi connectivity index (χ2v) is 6.82. The van der Waals surface area contributed by atoms with Gasteiger partial charge in [0.15, 0.2) is 0 Å². The van der Waals surface area contributed by atoms with Gasteiger partial charge in [0.1, 0.15) is 23.1 Å². The summed E-state index contributed by atoms with van der Waals surface area (Å²) in [5.41, 5.74) is 3.86. The van der Waals surface area contributed by atoms with E-state index in [4.69, 9.17) is 4.74 Å². The Morgan fingerprint density at radius 2 is 1.86 bits per heavy atom. The van der Waals surface area contributed by atoms with Crippen LogP contribution in [0.3, 0.4) is 0 Å². The Labute approximate surface area is 171 Å². The molecule has 0 saturated carbocycles. The SMILES string of the molecule is COc1cccc(CCNC(=O)c2cc(NCc3ccccc3C)nc(C)n2)c1. The molecule has 29 heavy (non-hydrogen) atoms. The highest BCUT2D eigenvalue weighted by atomic mass is 16.5. The molecule has 1 amide bonds. The second kappa shape index (κ2) is 9.68. The van der Waals surface area contributed by atoms with Crippen molar-refractivity contribution < 1.29 is 9.53 Å². The summed E-state index contributed by atoms with van der Waals surface area (Å²) >= 11 is 0. The molecular formula is C23H26N4O2. The number of methoxy groups -OCH3 is 1. The van der Waals surface area contributed by atoms with Crippen LogP contribution in [0.1, 0.15) is 33.0 Å². The molecule has 0 radical (unpaired) electrons. The number of nitrogens with zero attached hydrogens (tertiary/aromatic N) is 2. The highest BCUT2D eigenvalue weighted by molar-refractivity contribution is 5.92. The van der Waals surface area contributed by atoms with Crippen molar-refractivity contribution in [2.45, 2.75) is 26.8 Å². The normalized spacial score (nSPS) is 10.4. The van der Waals surface area contributed by atoms with Crippen molar-refractivity contribution in [1.29, 1.82) is 0 Å². The minimum absolute atomic E-state index is 0.211. The highest BCUT2D eigenvalue weighted by Crippen LogP contribution is 2.13. The van der Waals surface area contributed by atoms with Gasteiger partial charge in [-0.25, -0.2) is 9.97 Å². The fraction of sp³-hybridized carbons (Fsp3) is 0.261. The maximum atomic E-state index is 12.5. The standard InChI is InChI=1S/C23H26N4O2/c1-16-7-4-5-9-19(16)15-25-22-14-21(26-17(2)27-22)23(28)24-12-11-18-8-6-10-20(13-18)29-3/h4-10,13-14H,11-12,15H2,1-3H3,(H,24,28)(H,25,26,27). The monoisotopic (exact) mass is 390 g/mol. The summed E-state index contributed by atoms with van der Waals surface area (Å²) in [6, 6.07) is 17.7. The fourth-order valence-electron chi connectivity index (χ4n) is 3.01. The number of aryl methyl sites for hydroxylation is 2. The summed E-state index contributed by atoms with van der Waals surface area (Å²) in [5, 5.41) is 6.21. The van der Waals surface area contributed by atoms with Crippen molar-refractivity contribution in [3.05, 3.63) is 82.8 Å². The molecule has 0 atom stereocenters. The second-order valence-electron chi connectivity index (χ2n) is 6.82. The van der Waals surface area contributed by atoms with E-state index in [1.54, 1.807) is 20.1 Å². The van der Waals surface area contributed by atoms with Gasteiger partial charge in [0.25, 0.3) is 5.91 Å². The number of amides is 1. The van der Waals surface area contributed by atoms with Crippen LogP contribution in [-0.4, -0.2) is 29.5 Å². The van der Waals surface area contributed by atoms with Crippen LogP contribution in [0.25, 0.3) is 0 Å². The minimum Gasteiger partial charge on any atom is -0.497 e. The number of rotatable bonds is 8. The van der Waals surface area contributed by atoms with Crippen molar-refractivity contribution in [2.24, 2.45) is 0 Å². The van der Waals surface area contributed by atoms with Gasteiger partial charge in [-0.05, 0) is 49.1 Å². The number of hydrogen-bond acceptors (Lipinski definition) is 5. The largest absolute Gasteiger partial charge is 0.497 e. The van der Waals surface area contributed by atoms with Crippen LogP contribution in [0.4, 0.5) is 5.82 Å². The van der Waals surface area contributed by atoms with Crippen LogP contribution in [0.5, 0.6) is 5.75 Å². The first-order valence-electron chi connectivity index (χ1n) is 9.60. The third-order valence-electron chi connectivity index (χ3n) is 4.63. The number of hydrogen-bond donors (Lipinski definition) is 2. The molecule has 0 spiro atoms. The summed E-state index contributed by atoms with van der Waals surface area (Å²) in [6.07, 6.45) is 0.714. The molecule has 0 unspecified atom stereocenters. The lowest BCUT2D eigenvalue weighted by atomic mass is 10.1. The average Bonchev–Trinajstić information content (AvgIpc) is 2.73. The van der Waals surface area contributed by atoms with E-state index in [9.17, 15) is 4.79 Å². The van der Waals surface area contributed by atoms with E-state index in [1.165, 1.54) is 11.1 Å². The highest BCUT2D eigenvalue weighted by Gasteiger charge is 2.10. The molecule has 3 aromatic rings. The van der Waals surface area contributed by atoms with Gasteiger partial charge in [-0.1, -0.05) is 36.4 Å². The Bertz CT molecular complexity index is 988. The zero-order chi connectivity index (χ0) is 20.6. The molecule has 2 aromatic carbocycles. The molecular weight excluding hydrogens is 364 g/mol. The number of aromatic nitrogens is 2. The number of carbonyl (C=O) groups is 1. The predicted molar refractivity (Wildman–Crippen MR) is 114 cm³/mol. The third kappa shape index (κ3) is 5.78. The first kappa shape index (κ1) is 20.3. The van der Waals surface area contributed by atoms with E-state index in [-0.39, 0.29) is 5.91 Å². The first-order valence-corrected chi connectivity index (χ1v) is 9.60. The molecule has 0 aliphatic heterocycles. The summed E-state index contributed by atoms with van der Waals surface area (Å²) < 4.78 is 5.23. The zero-order valence-electron chi connectivity index (χ0n) is 17.0. The van der Waals surface area contributed by atoms with Crippen molar-refractivity contribution in [1.82, 2.24) is 15.3 Å². The van der Waals surface area contributed by atoms with Crippen LogP contribution in [0.15, 0.2) is 54.6 Å². The molecule has 0 fully saturated rings. The van der Waals surface area contributed by atoms with Crippen LogP contribution in [-0.2, 0) is 13.0 Å². The number of carbonyl (C=O) groups excluding carboxylic acids is 1. The van der Waals surface area contributed by atoms with E-state index < -0.39 is 0 Å². The average molecular weight is 390 g/mol. The number of ether oxygens (including phenoxy) is 1. The van der Waals surface area contributed by atoms with E-state index in [1.807, 2.05) is 36.4 Å². The fourth-order valence-corrected chi connectivity index (χ4v) is 3.01. The van der Waals surface area contributed by atoms with Gasteiger partial charge in [-0.2, -0.15) is 0 Å². The predicted octanol–water partition coefficient (Wildman–Crippen LogP) is 3.69. The van der Waals surface area contributed by atoms with Crippen LogP contribution in [0, 0.1) is 13.8 Å². The van der Waals surface area contributed by atoms with Gasteiger partial charge in [-0.3, -0.25) is 4.79 Å². The smallest absolute Gasteiger partial charge is 0.270 e. The molecule has 0 aliphatic rings. The first-order chi connectivity index (χ1) is 14.0. The lowest BCUT2D eigenvalue weighted by molar-refractivity contribution is 0.0949. The lowest BCUT2D eigenvalue weighted by Crippen LogP contribution is -2.27. The van der Waals surface area contributed by atoms with Gasteiger partial charge in [0.05, 0.1) is 7.11 Å². The van der Waals surface area contributed by atoms with Crippen molar-refractivity contribution >= 4 is 11.7 Å². The Balaban J connectivity index is 1.59. The lowest BCUT2D eigenvalue weighted by Gasteiger charge is -2.11. The molecule has 6 nitrogen and oxygen atoms in total.